The fourth-order valence-corrected chi connectivity index (χ4v) is 1.34. The molecule has 0 aliphatic heterocycles. The molecule has 0 radical (unpaired) electrons. The number of rotatable bonds is 6. The van der Waals surface area contributed by atoms with E-state index >= 15 is 0 Å². The lowest BCUT2D eigenvalue weighted by molar-refractivity contribution is -0.119. The van der Waals surface area contributed by atoms with Crippen molar-refractivity contribution >= 4 is 17.3 Å². The number of amides is 1. The van der Waals surface area contributed by atoms with Crippen molar-refractivity contribution in [2.45, 2.75) is 12.8 Å². The lowest BCUT2D eigenvalue weighted by Crippen LogP contribution is -2.20. The summed E-state index contributed by atoms with van der Waals surface area (Å²) >= 11 is 0. The number of hydrogen-bond donors (Lipinski definition) is 2. The molecule has 0 aromatic heterocycles. The van der Waals surface area contributed by atoms with Crippen molar-refractivity contribution < 1.29 is 9.63 Å². The first kappa shape index (κ1) is 13.5. The first-order chi connectivity index (χ1) is 8.11. The zero-order valence-electron chi connectivity index (χ0n) is 10.3. The molecule has 5 nitrogen and oxygen atoms in total. The summed E-state index contributed by atoms with van der Waals surface area (Å²) in [4.78, 5) is 16.5. The largest absolute Gasteiger partial charge is 0.399 e. The number of nitrogen functional groups attached to an aromatic ring is 1. The van der Waals surface area contributed by atoms with Gasteiger partial charge < -0.3 is 15.9 Å². The third kappa shape index (κ3) is 5.33. The van der Waals surface area contributed by atoms with Crippen LogP contribution >= 0.6 is 0 Å². The Kier molecular flexibility index (Phi) is 5.45. The average Bonchev–Trinajstić information content (AvgIpc) is 2.32. The van der Waals surface area contributed by atoms with E-state index < -0.39 is 0 Å². The standard InChI is InChI=1S/C12H19N3O2/c1-15(17-2)9-3-4-12(16)14-11-7-5-10(13)6-8-11/h5-8H,3-4,9,13H2,1-2H3,(H,14,16). The van der Waals surface area contributed by atoms with Crippen molar-refractivity contribution in [2.24, 2.45) is 0 Å². The van der Waals surface area contributed by atoms with Gasteiger partial charge in [-0.15, -0.1) is 0 Å². The van der Waals surface area contributed by atoms with E-state index in [0.717, 1.165) is 18.7 Å². The molecule has 1 aromatic carbocycles. The predicted molar refractivity (Wildman–Crippen MR) is 68.4 cm³/mol. The third-order valence-corrected chi connectivity index (χ3v) is 2.38. The number of hydroxylamine groups is 2. The summed E-state index contributed by atoms with van der Waals surface area (Å²) in [5, 5.41) is 4.50. The maximum Gasteiger partial charge on any atom is 0.224 e. The monoisotopic (exact) mass is 237 g/mol. The molecule has 0 saturated heterocycles. The highest BCUT2D eigenvalue weighted by Crippen LogP contribution is 2.10. The zero-order valence-corrected chi connectivity index (χ0v) is 10.3. The van der Waals surface area contributed by atoms with Crippen LogP contribution in [0.1, 0.15) is 12.8 Å². The molecule has 0 atom stereocenters. The van der Waals surface area contributed by atoms with E-state index in [4.69, 9.17) is 10.6 Å². The van der Waals surface area contributed by atoms with Gasteiger partial charge >= 0.3 is 0 Å². The number of nitrogens with two attached hydrogens (primary N) is 1. The van der Waals surface area contributed by atoms with Crippen LogP contribution in [0.25, 0.3) is 0 Å². The minimum absolute atomic E-state index is 0.000672. The summed E-state index contributed by atoms with van der Waals surface area (Å²) in [6.07, 6.45) is 1.23. The van der Waals surface area contributed by atoms with Gasteiger partial charge in [0.05, 0.1) is 7.11 Å². The van der Waals surface area contributed by atoms with E-state index in [9.17, 15) is 4.79 Å². The van der Waals surface area contributed by atoms with Crippen LogP contribution in [0.2, 0.25) is 0 Å². The van der Waals surface area contributed by atoms with Gasteiger partial charge in [0.2, 0.25) is 5.91 Å². The summed E-state index contributed by atoms with van der Waals surface area (Å²) in [6, 6.07) is 7.09. The number of carbonyl (C=O) groups excluding carboxylic acids is 1. The molecule has 0 unspecified atom stereocenters. The summed E-state index contributed by atoms with van der Waals surface area (Å²) in [5.74, 6) is -0.000672. The normalized spacial score (nSPS) is 10.5. The quantitative estimate of drug-likeness (QED) is 0.581. The molecular weight excluding hydrogens is 218 g/mol. The molecule has 1 rings (SSSR count). The van der Waals surface area contributed by atoms with Crippen molar-refractivity contribution in [2.75, 3.05) is 31.8 Å². The van der Waals surface area contributed by atoms with Crippen LogP contribution in [-0.4, -0.2) is 31.7 Å². The van der Waals surface area contributed by atoms with Gasteiger partial charge in [-0.05, 0) is 30.7 Å². The molecule has 0 saturated carbocycles. The van der Waals surface area contributed by atoms with Crippen LogP contribution < -0.4 is 11.1 Å². The molecule has 5 heteroatoms. The molecular formula is C12H19N3O2. The van der Waals surface area contributed by atoms with Crippen molar-refractivity contribution in [3.8, 4) is 0 Å². The lowest BCUT2D eigenvalue weighted by Gasteiger charge is -2.12. The van der Waals surface area contributed by atoms with Gasteiger partial charge in [0.25, 0.3) is 0 Å². The number of anilines is 2. The Balaban J connectivity index is 2.27. The molecule has 1 amide bonds. The first-order valence-corrected chi connectivity index (χ1v) is 5.52. The van der Waals surface area contributed by atoms with E-state index in [1.807, 2.05) is 7.05 Å². The molecule has 0 heterocycles. The lowest BCUT2D eigenvalue weighted by atomic mass is 10.2. The van der Waals surface area contributed by atoms with Gasteiger partial charge in [0, 0.05) is 31.4 Å². The summed E-state index contributed by atoms with van der Waals surface area (Å²) in [5.41, 5.74) is 7.01. The Morgan fingerprint density at radius 1 is 1.41 bits per heavy atom. The van der Waals surface area contributed by atoms with Gasteiger partial charge in [-0.25, -0.2) is 0 Å². The van der Waals surface area contributed by atoms with Gasteiger partial charge in [-0.3, -0.25) is 4.79 Å². The van der Waals surface area contributed by atoms with Crippen LogP contribution in [0.15, 0.2) is 24.3 Å². The topological polar surface area (TPSA) is 67.6 Å². The van der Waals surface area contributed by atoms with Crippen LogP contribution in [0, 0.1) is 0 Å². The van der Waals surface area contributed by atoms with Gasteiger partial charge in [-0.2, -0.15) is 5.06 Å². The molecule has 0 fully saturated rings. The third-order valence-electron chi connectivity index (χ3n) is 2.38. The minimum atomic E-state index is -0.000672. The molecule has 0 aliphatic rings. The number of nitrogens with one attached hydrogen (secondary N) is 1. The highest BCUT2D eigenvalue weighted by Gasteiger charge is 2.03. The Hall–Kier alpha value is -1.59. The van der Waals surface area contributed by atoms with E-state index in [1.165, 1.54) is 0 Å². The molecule has 3 N–H and O–H groups in total. The smallest absolute Gasteiger partial charge is 0.224 e. The summed E-state index contributed by atoms with van der Waals surface area (Å²) < 4.78 is 0. The summed E-state index contributed by atoms with van der Waals surface area (Å²) in [7, 11) is 3.44. The van der Waals surface area contributed by atoms with Crippen molar-refractivity contribution in [1.82, 2.24) is 5.06 Å². The fourth-order valence-electron chi connectivity index (χ4n) is 1.34. The molecule has 0 aliphatic carbocycles. The van der Waals surface area contributed by atoms with Crippen LogP contribution in [0.3, 0.4) is 0 Å². The SMILES string of the molecule is CON(C)CCCC(=O)Nc1ccc(N)cc1. The van der Waals surface area contributed by atoms with Gasteiger partial charge in [0.1, 0.15) is 0 Å². The molecule has 0 bridgehead atoms. The van der Waals surface area contributed by atoms with E-state index in [2.05, 4.69) is 5.32 Å². The number of hydrogen-bond acceptors (Lipinski definition) is 4. The van der Waals surface area contributed by atoms with Crippen molar-refractivity contribution in [3.63, 3.8) is 0 Å². The van der Waals surface area contributed by atoms with Gasteiger partial charge in [0.15, 0.2) is 0 Å². The Bertz CT molecular complexity index is 351. The second-order valence-corrected chi connectivity index (χ2v) is 3.81. The second-order valence-electron chi connectivity index (χ2n) is 3.81. The van der Waals surface area contributed by atoms with Crippen molar-refractivity contribution in [1.29, 1.82) is 0 Å². The Morgan fingerprint density at radius 3 is 2.65 bits per heavy atom. The fraction of sp³-hybridized carbons (Fsp3) is 0.417. The summed E-state index contributed by atoms with van der Waals surface area (Å²) in [6.45, 7) is 0.728. The molecule has 17 heavy (non-hydrogen) atoms. The Labute approximate surface area is 101 Å². The first-order valence-electron chi connectivity index (χ1n) is 5.52. The van der Waals surface area contributed by atoms with Crippen LogP contribution in [-0.2, 0) is 9.63 Å². The second kappa shape index (κ2) is 6.88. The Morgan fingerprint density at radius 2 is 2.06 bits per heavy atom. The van der Waals surface area contributed by atoms with Crippen LogP contribution in [0.4, 0.5) is 11.4 Å². The zero-order chi connectivity index (χ0) is 12.7. The maximum absolute atomic E-state index is 11.6. The molecule has 0 spiro atoms. The predicted octanol–water partition coefficient (Wildman–Crippen LogP) is 1.48. The number of carbonyl (C=O) groups is 1. The maximum atomic E-state index is 11.6. The number of nitrogens with zero attached hydrogens (tertiary/aromatic N) is 1. The molecule has 94 valence electrons. The van der Waals surface area contributed by atoms with E-state index in [0.29, 0.717) is 12.1 Å². The van der Waals surface area contributed by atoms with E-state index in [1.54, 1.807) is 36.4 Å². The van der Waals surface area contributed by atoms with Gasteiger partial charge in [-0.1, -0.05) is 0 Å². The van der Waals surface area contributed by atoms with Crippen LogP contribution in [0.5, 0.6) is 0 Å². The number of benzene rings is 1. The average molecular weight is 237 g/mol. The molecule has 1 aromatic rings. The highest BCUT2D eigenvalue weighted by atomic mass is 16.7. The highest BCUT2D eigenvalue weighted by molar-refractivity contribution is 5.90. The van der Waals surface area contributed by atoms with E-state index in [-0.39, 0.29) is 5.91 Å². The minimum Gasteiger partial charge on any atom is -0.399 e. The van der Waals surface area contributed by atoms with Crippen molar-refractivity contribution in [3.05, 3.63) is 24.3 Å².